The number of alkyl halides is 3. The average Bonchev–Trinajstić information content (AvgIpc) is 3.62. The van der Waals surface area contributed by atoms with Crippen LogP contribution in [-0.4, -0.2) is 33.2 Å². The highest BCUT2D eigenvalue weighted by atomic mass is 19.4. The lowest BCUT2D eigenvalue weighted by Crippen LogP contribution is -2.17. The van der Waals surface area contributed by atoms with Gasteiger partial charge in [-0.2, -0.15) is 13.2 Å². The summed E-state index contributed by atoms with van der Waals surface area (Å²) in [5, 5.41) is 10.3. The normalized spacial score (nSPS) is 13.7. The lowest BCUT2D eigenvalue weighted by Gasteiger charge is -2.14. The summed E-state index contributed by atoms with van der Waals surface area (Å²) in [5.41, 5.74) is 0.836. The van der Waals surface area contributed by atoms with E-state index in [2.05, 4.69) is 30.9 Å². The van der Waals surface area contributed by atoms with Crippen molar-refractivity contribution < 1.29 is 22.7 Å². The van der Waals surface area contributed by atoms with Crippen LogP contribution in [0.3, 0.4) is 0 Å². The molecule has 0 aliphatic heterocycles. The van der Waals surface area contributed by atoms with E-state index in [0.29, 0.717) is 34.1 Å². The fourth-order valence-electron chi connectivity index (χ4n) is 3.70. The lowest BCUT2D eigenvalue weighted by molar-refractivity contribution is -0.137. The highest BCUT2D eigenvalue weighted by Gasteiger charge is 2.30. The Hall–Kier alpha value is -4.15. The first kappa shape index (κ1) is 23.6. The molecule has 186 valence electrons. The third-order valence-electron chi connectivity index (χ3n) is 5.49. The second-order valence-corrected chi connectivity index (χ2v) is 8.85. The van der Waals surface area contributed by atoms with Gasteiger partial charge in [-0.25, -0.2) is 19.7 Å². The molecule has 11 heteroatoms. The van der Waals surface area contributed by atoms with Gasteiger partial charge in [-0.05, 0) is 57.0 Å². The van der Waals surface area contributed by atoms with E-state index >= 15 is 0 Å². The molecular formula is C25H23F3N6O2. The van der Waals surface area contributed by atoms with Crippen LogP contribution >= 0.6 is 0 Å². The topological polar surface area (TPSA) is 101 Å². The molecule has 36 heavy (non-hydrogen) atoms. The van der Waals surface area contributed by atoms with Crippen LogP contribution < -0.4 is 16.0 Å². The third kappa shape index (κ3) is 5.24. The Labute approximate surface area is 204 Å². The third-order valence-corrected chi connectivity index (χ3v) is 5.49. The number of fused-ring (bicyclic) bond motifs is 3. The van der Waals surface area contributed by atoms with Gasteiger partial charge in [0.15, 0.2) is 5.82 Å². The maximum atomic E-state index is 13.3. The minimum absolute atomic E-state index is 0.211. The van der Waals surface area contributed by atoms with Crippen LogP contribution in [0.1, 0.15) is 32.3 Å². The van der Waals surface area contributed by atoms with Crippen LogP contribution in [0.5, 0.6) is 0 Å². The Balaban J connectivity index is 1.59. The van der Waals surface area contributed by atoms with Crippen molar-refractivity contribution in [3.8, 4) is 0 Å². The van der Waals surface area contributed by atoms with E-state index in [1.54, 1.807) is 38.2 Å². The lowest BCUT2D eigenvalue weighted by atomic mass is 10.1. The van der Waals surface area contributed by atoms with Crippen LogP contribution in [0.4, 0.5) is 41.1 Å². The standard InChI is InChI=1S/C25H23F3N6O2/c1-13(2)36-24(35)32-17-8-9-18-19-12-29-23(31-15-6-7-15)34-21(19)22(33-20(18)11-17)30-16-5-3-4-14(10-16)25(26,27)28/h3-5,8-13,15H,6-7H2,1-2H3,(H,30,33)(H,32,35)(H,29,31,34). The van der Waals surface area contributed by atoms with Crippen molar-refractivity contribution in [3.63, 3.8) is 0 Å². The number of nitrogens with zero attached hydrogens (tertiary/aromatic N) is 3. The summed E-state index contributed by atoms with van der Waals surface area (Å²) in [4.78, 5) is 25.7. The molecule has 1 amide bonds. The van der Waals surface area contributed by atoms with E-state index < -0.39 is 17.8 Å². The molecule has 1 aliphatic carbocycles. The molecule has 5 rings (SSSR count). The summed E-state index contributed by atoms with van der Waals surface area (Å²) < 4.78 is 44.9. The van der Waals surface area contributed by atoms with Crippen molar-refractivity contribution in [1.82, 2.24) is 15.0 Å². The fraction of sp³-hybridized carbons (Fsp3) is 0.280. The number of ether oxygens (including phenoxy) is 1. The fourth-order valence-corrected chi connectivity index (χ4v) is 3.70. The van der Waals surface area contributed by atoms with Crippen LogP contribution in [0.25, 0.3) is 21.8 Å². The molecule has 2 aromatic carbocycles. The molecule has 0 unspecified atom stereocenters. The number of aromatic nitrogens is 3. The van der Waals surface area contributed by atoms with Crippen molar-refractivity contribution in [1.29, 1.82) is 0 Å². The minimum atomic E-state index is -4.48. The monoisotopic (exact) mass is 496 g/mol. The minimum Gasteiger partial charge on any atom is -0.447 e. The number of amides is 1. The van der Waals surface area contributed by atoms with Crippen LogP contribution in [0, 0.1) is 0 Å². The Kier molecular flexibility index (Phi) is 5.99. The van der Waals surface area contributed by atoms with E-state index in [1.807, 2.05) is 0 Å². The second-order valence-electron chi connectivity index (χ2n) is 8.85. The SMILES string of the molecule is CC(C)OC(=O)Nc1ccc2c(c1)nc(Nc1cccc(C(F)(F)F)c1)c1nc(NC3CC3)ncc12. The number of rotatable bonds is 6. The van der Waals surface area contributed by atoms with Gasteiger partial charge in [0, 0.05) is 34.4 Å². The number of hydrogen-bond donors (Lipinski definition) is 3. The Bertz CT molecular complexity index is 1450. The Morgan fingerprint density at radius 1 is 1.06 bits per heavy atom. The number of halogens is 3. The first-order valence-electron chi connectivity index (χ1n) is 11.4. The van der Waals surface area contributed by atoms with Crippen LogP contribution in [0.2, 0.25) is 0 Å². The molecule has 0 saturated heterocycles. The van der Waals surface area contributed by atoms with Gasteiger partial charge in [0.05, 0.1) is 17.2 Å². The maximum absolute atomic E-state index is 13.3. The molecular weight excluding hydrogens is 473 g/mol. The van der Waals surface area contributed by atoms with Crippen molar-refractivity contribution in [2.45, 2.75) is 45.0 Å². The molecule has 1 aliphatic rings. The molecule has 4 aromatic rings. The van der Waals surface area contributed by atoms with Gasteiger partial charge in [0.25, 0.3) is 0 Å². The predicted octanol–water partition coefficient (Wildman–Crippen LogP) is 6.47. The highest BCUT2D eigenvalue weighted by Crippen LogP contribution is 2.34. The van der Waals surface area contributed by atoms with E-state index in [0.717, 1.165) is 30.4 Å². The van der Waals surface area contributed by atoms with Crippen molar-refractivity contribution in [2.75, 3.05) is 16.0 Å². The molecule has 0 atom stereocenters. The van der Waals surface area contributed by atoms with E-state index in [9.17, 15) is 18.0 Å². The number of nitrogens with one attached hydrogen (secondary N) is 3. The van der Waals surface area contributed by atoms with Crippen LogP contribution in [0.15, 0.2) is 48.7 Å². The summed E-state index contributed by atoms with van der Waals surface area (Å²) in [7, 11) is 0. The molecule has 8 nitrogen and oxygen atoms in total. The second kappa shape index (κ2) is 9.14. The predicted molar refractivity (Wildman–Crippen MR) is 131 cm³/mol. The number of hydrogen-bond acceptors (Lipinski definition) is 7. The molecule has 0 radical (unpaired) electrons. The summed E-state index contributed by atoms with van der Waals surface area (Å²) in [6, 6.07) is 10.3. The number of benzene rings is 2. The van der Waals surface area contributed by atoms with Gasteiger partial charge in [0.1, 0.15) is 5.52 Å². The van der Waals surface area contributed by atoms with Gasteiger partial charge >= 0.3 is 12.3 Å². The van der Waals surface area contributed by atoms with Gasteiger partial charge in [0.2, 0.25) is 5.95 Å². The molecule has 1 saturated carbocycles. The van der Waals surface area contributed by atoms with Gasteiger partial charge in [-0.1, -0.05) is 12.1 Å². The molecule has 2 heterocycles. The largest absolute Gasteiger partial charge is 0.447 e. The zero-order chi connectivity index (χ0) is 25.4. The van der Waals surface area contributed by atoms with E-state index in [-0.39, 0.29) is 17.6 Å². The van der Waals surface area contributed by atoms with Crippen LogP contribution in [-0.2, 0) is 10.9 Å². The van der Waals surface area contributed by atoms with Crippen molar-refractivity contribution in [2.24, 2.45) is 0 Å². The maximum Gasteiger partial charge on any atom is 0.416 e. The van der Waals surface area contributed by atoms with Crippen molar-refractivity contribution >= 4 is 51.0 Å². The number of carbonyl (C=O) groups excluding carboxylic acids is 1. The van der Waals surface area contributed by atoms with Gasteiger partial charge in [-0.15, -0.1) is 0 Å². The summed E-state index contributed by atoms with van der Waals surface area (Å²) >= 11 is 0. The first-order chi connectivity index (χ1) is 17.2. The zero-order valence-electron chi connectivity index (χ0n) is 19.5. The molecule has 2 aromatic heterocycles. The van der Waals surface area contributed by atoms with E-state index in [1.165, 1.54) is 12.1 Å². The van der Waals surface area contributed by atoms with Crippen molar-refractivity contribution in [3.05, 3.63) is 54.2 Å². The summed E-state index contributed by atoms with van der Waals surface area (Å²) in [5.74, 6) is 0.688. The van der Waals surface area contributed by atoms with Gasteiger partial charge in [-0.3, -0.25) is 5.32 Å². The summed E-state index contributed by atoms with van der Waals surface area (Å²) in [6.07, 6.45) is -1.65. The molecule has 0 spiro atoms. The molecule has 3 N–H and O–H groups in total. The Morgan fingerprint density at radius 3 is 2.58 bits per heavy atom. The molecule has 1 fully saturated rings. The Morgan fingerprint density at radius 2 is 1.86 bits per heavy atom. The average molecular weight is 496 g/mol. The smallest absolute Gasteiger partial charge is 0.416 e. The number of carbonyl (C=O) groups is 1. The molecule has 0 bridgehead atoms. The first-order valence-corrected chi connectivity index (χ1v) is 11.4. The number of anilines is 4. The number of pyridine rings is 1. The zero-order valence-corrected chi connectivity index (χ0v) is 19.5. The van der Waals surface area contributed by atoms with E-state index in [4.69, 9.17) is 4.74 Å². The summed E-state index contributed by atoms with van der Waals surface area (Å²) in [6.45, 7) is 3.48. The quantitative estimate of drug-likeness (QED) is 0.263. The van der Waals surface area contributed by atoms with Gasteiger partial charge < -0.3 is 15.4 Å². The highest BCUT2D eigenvalue weighted by molar-refractivity contribution is 6.09.